The summed E-state index contributed by atoms with van der Waals surface area (Å²) in [5.74, 6) is -0.492. The number of nitrogens with zero attached hydrogens (tertiary/aromatic N) is 2. The Balaban J connectivity index is 1.66. The number of carbonyl (C=O) groups excluding carboxylic acids is 1. The molecular formula is C14H9ClFN3O2S. The number of carbonyl (C=O) groups is 1. The van der Waals surface area contributed by atoms with Gasteiger partial charge in [-0.3, -0.25) is 10.1 Å². The van der Waals surface area contributed by atoms with Gasteiger partial charge in [-0.2, -0.15) is 0 Å². The first-order valence-electron chi connectivity index (χ1n) is 6.23. The van der Waals surface area contributed by atoms with Crippen LogP contribution in [0, 0.1) is 5.82 Å². The van der Waals surface area contributed by atoms with Crippen LogP contribution in [0.2, 0.25) is 4.34 Å². The van der Waals surface area contributed by atoms with Crippen molar-refractivity contribution in [2.24, 2.45) is 0 Å². The van der Waals surface area contributed by atoms with Gasteiger partial charge in [0.05, 0.1) is 10.8 Å². The van der Waals surface area contributed by atoms with Crippen molar-refractivity contribution in [3.63, 3.8) is 0 Å². The van der Waals surface area contributed by atoms with Gasteiger partial charge in [0.15, 0.2) is 0 Å². The maximum atomic E-state index is 12.8. The van der Waals surface area contributed by atoms with Crippen molar-refractivity contribution in [1.82, 2.24) is 10.2 Å². The second kappa shape index (κ2) is 6.25. The van der Waals surface area contributed by atoms with Crippen molar-refractivity contribution in [2.45, 2.75) is 6.42 Å². The van der Waals surface area contributed by atoms with Gasteiger partial charge < -0.3 is 4.42 Å². The van der Waals surface area contributed by atoms with Crippen molar-refractivity contribution in [1.29, 1.82) is 0 Å². The number of anilines is 1. The van der Waals surface area contributed by atoms with Crippen LogP contribution in [0.4, 0.5) is 10.4 Å². The second-order valence-corrected chi connectivity index (χ2v) is 6.14. The minimum absolute atomic E-state index is 0.00743. The van der Waals surface area contributed by atoms with E-state index in [4.69, 9.17) is 16.0 Å². The highest BCUT2D eigenvalue weighted by Crippen LogP contribution is 2.23. The molecule has 0 aliphatic rings. The summed E-state index contributed by atoms with van der Waals surface area (Å²) >= 11 is 7.27. The van der Waals surface area contributed by atoms with Gasteiger partial charge >= 0.3 is 6.01 Å². The molecule has 0 spiro atoms. The molecule has 2 aromatic heterocycles. The fourth-order valence-corrected chi connectivity index (χ4v) is 2.82. The van der Waals surface area contributed by atoms with Crippen LogP contribution in [-0.4, -0.2) is 16.1 Å². The first-order chi connectivity index (χ1) is 10.6. The SMILES string of the molecule is O=C(Nc1nnc(Cc2ccc(Cl)s2)o1)c1ccc(F)cc1. The molecule has 3 rings (SSSR count). The molecule has 0 aliphatic heterocycles. The lowest BCUT2D eigenvalue weighted by Gasteiger charge is -1.99. The monoisotopic (exact) mass is 337 g/mol. The number of hydrogen-bond acceptors (Lipinski definition) is 5. The van der Waals surface area contributed by atoms with Gasteiger partial charge in [-0.05, 0) is 36.4 Å². The normalized spacial score (nSPS) is 10.6. The zero-order valence-corrected chi connectivity index (χ0v) is 12.6. The standard InChI is InChI=1S/C14H9ClFN3O2S/c15-11-6-5-10(22-11)7-12-18-19-14(21-12)17-13(20)8-1-3-9(16)4-2-8/h1-6H,7H2,(H,17,19,20). The van der Waals surface area contributed by atoms with Crippen molar-refractivity contribution >= 4 is 34.9 Å². The number of nitrogens with one attached hydrogen (secondary N) is 1. The Bertz CT molecular complexity index is 801. The lowest BCUT2D eigenvalue weighted by molar-refractivity contribution is 0.102. The maximum Gasteiger partial charge on any atom is 0.322 e. The van der Waals surface area contributed by atoms with Crippen LogP contribution in [0.1, 0.15) is 21.1 Å². The number of rotatable bonds is 4. The average Bonchev–Trinajstić information content (AvgIpc) is 3.09. The molecule has 0 saturated carbocycles. The molecule has 5 nitrogen and oxygen atoms in total. The first-order valence-corrected chi connectivity index (χ1v) is 7.43. The van der Waals surface area contributed by atoms with E-state index < -0.39 is 11.7 Å². The zero-order valence-electron chi connectivity index (χ0n) is 11.0. The highest BCUT2D eigenvalue weighted by molar-refractivity contribution is 7.16. The molecule has 1 N–H and O–H groups in total. The Morgan fingerprint density at radius 2 is 2.00 bits per heavy atom. The molecule has 8 heteroatoms. The smallest absolute Gasteiger partial charge is 0.322 e. The van der Waals surface area contributed by atoms with Gasteiger partial charge in [0.25, 0.3) is 5.91 Å². The predicted octanol–water partition coefficient (Wildman–Crippen LogP) is 3.77. The molecule has 22 heavy (non-hydrogen) atoms. The summed E-state index contributed by atoms with van der Waals surface area (Å²) in [6, 6.07) is 8.80. The van der Waals surface area contributed by atoms with Crippen LogP contribution in [0.15, 0.2) is 40.8 Å². The quantitative estimate of drug-likeness (QED) is 0.787. The zero-order chi connectivity index (χ0) is 15.5. The Morgan fingerprint density at radius 1 is 1.23 bits per heavy atom. The van der Waals surface area contributed by atoms with E-state index in [9.17, 15) is 9.18 Å². The maximum absolute atomic E-state index is 12.8. The Labute approximate surface area is 133 Å². The third-order valence-electron chi connectivity index (χ3n) is 2.75. The van der Waals surface area contributed by atoms with Crippen molar-refractivity contribution < 1.29 is 13.6 Å². The van der Waals surface area contributed by atoms with E-state index in [1.54, 1.807) is 6.07 Å². The van der Waals surface area contributed by atoms with E-state index in [1.165, 1.54) is 35.6 Å². The van der Waals surface area contributed by atoms with Gasteiger partial charge in [0, 0.05) is 10.4 Å². The average molecular weight is 338 g/mol. The van der Waals surface area contributed by atoms with Crippen LogP contribution < -0.4 is 5.32 Å². The number of halogens is 2. The summed E-state index contributed by atoms with van der Waals surface area (Å²) in [6.45, 7) is 0. The van der Waals surface area contributed by atoms with E-state index in [-0.39, 0.29) is 6.01 Å². The molecule has 0 unspecified atom stereocenters. The van der Waals surface area contributed by atoms with Gasteiger partial charge in [-0.25, -0.2) is 4.39 Å². The predicted molar refractivity (Wildman–Crippen MR) is 80.8 cm³/mol. The van der Waals surface area contributed by atoms with Crippen molar-refractivity contribution in [3.05, 3.63) is 62.9 Å². The van der Waals surface area contributed by atoms with Gasteiger partial charge in [0.2, 0.25) is 5.89 Å². The van der Waals surface area contributed by atoms with Crippen LogP contribution >= 0.6 is 22.9 Å². The van der Waals surface area contributed by atoms with Crippen LogP contribution in [0.5, 0.6) is 0 Å². The third kappa shape index (κ3) is 3.49. The highest BCUT2D eigenvalue weighted by Gasteiger charge is 2.12. The number of hydrogen-bond donors (Lipinski definition) is 1. The molecule has 0 radical (unpaired) electrons. The van der Waals surface area contributed by atoms with Crippen LogP contribution in [-0.2, 0) is 6.42 Å². The van der Waals surface area contributed by atoms with E-state index in [0.29, 0.717) is 22.2 Å². The van der Waals surface area contributed by atoms with E-state index in [1.807, 2.05) is 6.07 Å². The largest absolute Gasteiger partial charge is 0.407 e. The highest BCUT2D eigenvalue weighted by atomic mass is 35.5. The summed E-state index contributed by atoms with van der Waals surface area (Å²) < 4.78 is 18.8. The molecule has 1 aromatic carbocycles. The third-order valence-corrected chi connectivity index (χ3v) is 3.98. The fourth-order valence-electron chi connectivity index (χ4n) is 1.74. The minimum Gasteiger partial charge on any atom is -0.407 e. The van der Waals surface area contributed by atoms with Crippen LogP contribution in [0.3, 0.4) is 0 Å². The molecule has 0 aliphatic carbocycles. The molecule has 0 bridgehead atoms. The molecular weight excluding hydrogens is 329 g/mol. The number of aromatic nitrogens is 2. The summed E-state index contributed by atoms with van der Waals surface area (Å²) in [7, 11) is 0. The molecule has 0 fully saturated rings. The number of amides is 1. The Kier molecular flexibility index (Phi) is 4.17. The summed E-state index contributed by atoms with van der Waals surface area (Å²) in [5, 5.41) is 10.1. The fraction of sp³-hybridized carbons (Fsp3) is 0.0714. The topological polar surface area (TPSA) is 68.0 Å². The molecule has 0 saturated heterocycles. The molecule has 2 heterocycles. The van der Waals surface area contributed by atoms with Crippen molar-refractivity contribution in [2.75, 3.05) is 5.32 Å². The molecule has 0 atom stereocenters. The van der Waals surface area contributed by atoms with E-state index >= 15 is 0 Å². The lowest BCUT2D eigenvalue weighted by atomic mass is 10.2. The summed E-state index contributed by atoms with van der Waals surface area (Å²) in [4.78, 5) is 12.9. The minimum atomic E-state index is -0.450. The first kappa shape index (κ1) is 14.7. The van der Waals surface area contributed by atoms with Crippen LogP contribution in [0.25, 0.3) is 0 Å². The van der Waals surface area contributed by atoms with Crippen molar-refractivity contribution in [3.8, 4) is 0 Å². The number of benzene rings is 1. The summed E-state index contributed by atoms with van der Waals surface area (Å²) in [5.41, 5.74) is 0.297. The van der Waals surface area contributed by atoms with E-state index in [0.717, 1.165) is 4.88 Å². The van der Waals surface area contributed by atoms with E-state index in [2.05, 4.69) is 15.5 Å². The summed E-state index contributed by atoms with van der Waals surface area (Å²) in [6.07, 6.45) is 0.441. The molecule has 112 valence electrons. The number of thiophene rings is 1. The Hall–Kier alpha value is -2.25. The Morgan fingerprint density at radius 3 is 2.68 bits per heavy atom. The molecule has 3 aromatic rings. The van der Waals surface area contributed by atoms with Gasteiger partial charge in [-0.15, -0.1) is 16.4 Å². The second-order valence-electron chi connectivity index (χ2n) is 4.34. The lowest BCUT2D eigenvalue weighted by Crippen LogP contribution is -2.12. The van der Waals surface area contributed by atoms with Gasteiger partial charge in [-0.1, -0.05) is 16.7 Å². The molecule has 1 amide bonds. The van der Waals surface area contributed by atoms with Gasteiger partial charge in [0.1, 0.15) is 5.82 Å².